The Morgan fingerprint density at radius 2 is 2.03 bits per heavy atom. The molecule has 2 atom stereocenters. The summed E-state index contributed by atoms with van der Waals surface area (Å²) in [6, 6.07) is 9.99. The first-order valence-electron chi connectivity index (χ1n) is 9.40. The highest BCUT2D eigenvalue weighted by atomic mass is 19.4. The molecule has 5 nitrogen and oxygen atoms in total. The molecule has 4 rings (SSSR count). The second-order valence-corrected chi connectivity index (χ2v) is 7.50. The summed E-state index contributed by atoms with van der Waals surface area (Å²) in [5, 5.41) is 0. The number of nitrogens with zero attached hydrogens (tertiary/aromatic N) is 1. The summed E-state index contributed by atoms with van der Waals surface area (Å²) in [6.45, 7) is 3.31. The van der Waals surface area contributed by atoms with Crippen LogP contribution in [-0.2, 0) is 11.2 Å². The molecule has 1 unspecified atom stereocenters. The number of rotatable bonds is 4. The fraction of sp³-hybridized carbons (Fsp3) is 0.381. The summed E-state index contributed by atoms with van der Waals surface area (Å²) in [7, 11) is 0. The summed E-state index contributed by atoms with van der Waals surface area (Å²) in [5.74, 6) is -0.652. The molecule has 1 saturated heterocycles. The number of ether oxygens (including phenoxy) is 2. The summed E-state index contributed by atoms with van der Waals surface area (Å²) in [6.07, 6.45) is -3.91. The zero-order valence-electron chi connectivity index (χ0n) is 15.8. The van der Waals surface area contributed by atoms with Gasteiger partial charge in [0.2, 0.25) is 0 Å². The van der Waals surface area contributed by atoms with Crippen molar-refractivity contribution in [3.63, 3.8) is 0 Å². The molecule has 1 fully saturated rings. The average Bonchev–Trinajstić information content (AvgIpc) is 3.20. The van der Waals surface area contributed by atoms with Gasteiger partial charge in [-0.3, -0.25) is 0 Å². The van der Waals surface area contributed by atoms with Crippen molar-refractivity contribution in [2.75, 3.05) is 18.0 Å². The zero-order chi connectivity index (χ0) is 20.8. The number of esters is 1. The molecule has 0 saturated carbocycles. The van der Waals surface area contributed by atoms with E-state index in [-0.39, 0.29) is 17.8 Å². The van der Waals surface area contributed by atoms with Gasteiger partial charge in [-0.15, -0.1) is 13.2 Å². The Hall–Kier alpha value is -2.74. The minimum atomic E-state index is -4.73. The van der Waals surface area contributed by atoms with Gasteiger partial charge < -0.3 is 20.1 Å². The van der Waals surface area contributed by atoms with Gasteiger partial charge in [0.25, 0.3) is 0 Å². The van der Waals surface area contributed by atoms with E-state index in [1.807, 2.05) is 18.2 Å². The van der Waals surface area contributed by atoms with Gasteiger partial charge >= 0.3 is 12.3 Å². The highest BCUT2D eigenvalue weighted by Gasteiger charge is 2.33. The van der Waals surface area contributed by atoms with Crippen molar-refractivity contribution < 1.29 is 27.4 Å². The maximum absolute atomic E-state index is 12.4. The summed E-state index contributed by atoms with van der Waals surface area (Å²) < 4.78 is 46.7. The van der Waals surface area contributed by atoms with E-state index in [2.05, 4.69) is 9.64 Å². The molecule has 8 heteroatoms. The second-order valence-electron chi connectivity index (χ2n) is 7.50. The van der Waals surface area contributed by atoms with Crippen molar-refractivity contribution >= 4 is 11.7 Å². The van der Waals surface area contributed by atoms with Crippen molar-refractivity contribution in [3.05, 3.63) is 58.7 Å². The fourth-order valence-electron chi connectivity index (χ4n) is 3.92. The van der Waals surface area contributed by atoms with Crippen LogP contribution in [0.2, 0.25) is 0 Å². The lowest BCUT2D eigenvalue weighted by Crippen LogP contribution is -2.26. The number of halogens is 3. The van der Waals surface area contributed by atoms with Gasteiger partial charge in [-0.05, 0) is 48.7 Å². The third-order valence-electron chi connectivity index (χ3n) is 5.40. The van der Waals surface area contributed by atoms with Crippen molar-refractivity contribution in [1.82, 2.24) is 0 Å². The Morgan fingerprint density at radius 3 is 2.69 bits per heavy atom. The number of carbonyl (C=O) groups excluding carboxylic acids is 1. The molecule has 2 aliphatic heterocycles. The number of nitrogens with two attached hydrogens (primary N) is 1. The molecule has 2 heterocycles. The first-order valence-corrected chi connectivity index (χ1v) is 9.40. The average molecular weight is 406 g/mol. The van der Waals surface area contributed by atoms with Gasteiger partial charge in [0.1, 0.15) is 11.9 Å². The van der Waals surface area contributed by atoms with Crippen molar-refractivity contribution in [2.24, 2.45) is 5.73 Å². The van der Waals surface area contributed by atoms with E-state index in [0.29, 0.717) is 17.5 Å². The molecule has 2 N–H and O–H groups in total. The van der Waals surface area contributed by atoms with Crippen LogP contribution in [-0.4, -0.2) is 31.5 Å². The van der Waals surface area contributed by atoms with Crippen LogP contribution in [0.25, 0.3) is 0 Å². The predicted molar refractivity (Wildman–Crippen MR) is 101 cm³/mol. The largest absolute Gasteiger partial charge is 0.573 e. The van der Waals surface area contributed by atoms with E-state index in [0.717, 1.165) is 36.3 Å². The minimum Gasteiger partial charge on any atom is -0.454 e. The number of benzene rings is 2. The number of aryl methyl sites for hydroxylation is 1. The van der Waals surface area contributed by atoms with Crippen LogP contribution in [0.1, 0.15) is 39.6 Å². The highest BCUT2D eigenvalue weighted by molar-refractivity contribution is 5.95. The fourth-order valence-corrected chi connectivity index (χ4v) is 3.92. The van der Waals surface area contributed by atoms with Gasteiger partial charge in [0.05, 0.1) is 5.56 Å². The SMILES string of the molecule is Cc1cc(OC(F)(F)F)ccc1CC1OC(=O)c2cc(N3CC[C@@H](N)C3)ccc21. The van der Waals surface area contributed by atoms with Crippen molar-refractivity contribution in [1.29, 1.82) is 0 Å². The number of carbonyl (C=O) groups is 1. The van der Waals surface area contributed by atoms with Crippen LogP contribution < -0.4 is 15.4 Å². The number of hydrogen-bond acceptors (Lipinski definition) is 5. The molecule has 0 aliphatic carbocycles. The molecule has 2 aliphatic rings. The molecule has 2 aromatic rings. The highest BCUT2D eigenvalue weighted by Crippen LogP contribution is 2.37. The van der Waals surface area contributed by atoms with E-state index >= 15 is 0 Å². The lowest BCUT2D eigenvalue weighted by atomic mass is 9.96. The van der Waals surface area contributed by atoms with Gasteiger partial charge in [0, 0.05) is 36.8 Å². The lowest BCUT2D eigenvalue weighted by molar-refractivity contribution is -0.274. The first-order chi connectivity index (χ1) is 13.7. The Labute approximate surface area is 166 Å². The number of hydrogen-bond donors (Lipinski definition) is 1. The standard InChI is InChI=1S/C21H21F3N2O3/c1-12-8-16(29-21(22,23)24)4-2-13(12)9-19-17-5-3-15(10-18(17)20(27)28-19)26-7-6-14(25)11-26/h2-5,8,10,14,19H,6-7,9,11,25H2,1H3/t14-,19?/m1/s1. The summed E-state index contributed by atoms with van der Waals surface area (Å²) >= 11 is 0. The van der Waals surface area contributed by atoms with Gasteiger partial charge in [-0.25, -0.2) is 4.79 Å². The minimum absolute atomic E-state index is 0.134. The maximum Gasteiger partial charge on any atom is 0.573 e. The van der Waals surface area contributed by atoms with E-state index < -0.39 is 12.5 Å². The summed E-state index contributed by atoms with van der Waals surface area (Å²) in [4.78, 5) is 14.5. The number of fused-ring (bicyclic) bond motifs is 1. The molecule has 0 aromatic heterocycles. The molecule has 0 bridgehead atoms. The van der Waals surface area contributed by atoms with Crippen molar-refractivity contribution in [2.45, 2.75) is 38.3 Å². The second kappa shape index (κ2) is 7.26. The monoisotopic (exact) mass is 406 g/mol. The molecular weight excluding hydrogens is 385 g/mol. The topological polar surface area (TPSA) is 64.8 Å². The van der Waals surface area contributed by atoms with Crippen LogP contribution in [0.4, 0.5) is 18.9 Å². The van der Waals surface area contributed by atoms with Gasteiger partial charge in [0.15, 0.2) is 0 Å². The van der Waals surface area contributed by atoms with Crippen LogP contribution in [0.15, 0.2) is 36.4 Å². The quantitative estimate of drug-likeness (QED) is 0.781. The van der Waals surface area contributed by atoms with Gasteiger partial charge in [-0.2, -0.15) is 0 Å². The Bertz CT molecular complexity index is 945. The molecule has 0 radical (unpaired) electrons. The zero-order valence-corrected chi connectivity index (χ0v) is 15.8. The third kappa shape index (κ3) is 4.17. The van der Waals surface area contributed by atoms with Crippen LogP contribution in [0.3, 0.4) is 0 Å². The normalized spacial score (nSPS) is 21.3. The van der Waals surface area contributed by atoms with Crippen LogP contribution >= 0.6 is 0 Å². The van der Waals surface area contributed by atoms with Crippen LogP contribution in [0, 0.1) is 6.92 Å². The third-order valence-corrected chi connectivity index (χ3v) is 5.40. The molecule has 29 heavy (non-hydrogen) atoms. The Balaban J connectivity index is 1.53. The Morgan fingerprint density at radius 1 is 1.24 bits per heavy atom. The molecule has 2 aromatic carbocycles. The van der Waals surface area contributed by atoms with E-state index in [4.69, 9.17) is 10.5 Å². The molecule has 154 valence electrons. The van der Waals surface area contributed by atoms with Crippen molar-refractivity contribution in [3.8, 4) is 5.75 Å². The molecule has 0 amide bonds. The van der Waals surface area contributed by atoms with E-state index in [9.17, 15) is 18.0 Å². The molecule has 0 spiro atoms. The summed E-state index contributed by atoms with van der Waals surface area (Å²) in [5.41, 5.74) is 9.66. The number of cyclic esters (lactones) is 1. The van der Waals surface area contributed by atoms with Crippen LogP contribution in [0.5, 0.6) is 5.75 Å². The van der Waals surface area contributed by atoms with Gasteiger partial charge in [-0.1, -0.05) is 12.1 Å². The Kier molecular flexibility index (Phi) is 4.90. The number of anilines is 1. The number of alkyl halides is 3. The predicted octanol–water partition coefficient (Wildman–Crippen LogP) is 3.89. The lowest BCUT2D eigenvalue weighted by Gasteiger charge is -2.19. The molecular formula is C21H21F3N2O3. The smallest absolute Gasteiger partial charge is 0.454 e. The first kappa shape index (κ1) is 19.6. The van der Waals surface area contributed by atoms with E-state index in [1.165, 1.54) is 12.1 Å². The maximum atomic E-state index is 12.4. The van der Waals surface area contributed by atoms with E-state index in [1.54, 1.807) is 13.0 Å².